The number of furan rings is 1. The Bertz CT molecular complexity index is 3010. The zero-order valence-electron chi connectivity index (χ0n) is 32.2. The molecular weight excluding hydrogens is 717 g/mol. The number of anilines is 6. The summed E-state index contributed by atoms with van der Waals surface area (Å²) in [4.78, 5) is 4.66. The average Bonchev–Trinajstić information content (AvgIpc) is 3.71. The molecular formula is C56H38N2O. The molecule has 0 atom stereocenters. The summed E-state index contributed by atoms with van der Waals surface area (Å²) in [6.45, 7) is 0. The Balaban J connectivity index is 1.01. The molecule has 0 aliphatic heterocycles. The van der Waals surface area contributed by atoms with E-state index in [1.54, 1.807) is 0 Å². The lowest BCUT2D eigenvalue weighted by atomic mass is 9.98. The van der Waals surface area contributed by atoms with Gasteiger partial charge in [0.15, 0.2) is 0 Å². The maximum absolute atomic E-state index is 6.58. The summed E-state index contributed by atoms with van der Waals surface area (Å²) in [5, 5.41) is 6.91. The maximum Gasteiger partial charge on any atom is 0.136 e. The fourth-order valence-corrected chi connectivity index (χ4v) is 8.59. The van der Waals surface area contributed by atoms with Gasteiger partial charge in [-0.15, -0.1) is 0 Å². The van der Waals surface area contributed by atoms with Crippen LogP contribution in [0.15, 0.2) is 235 Å². The summed E-state index contributed by atoms with van der Waals surface area (Å²) in [6.07, 6.45) is 0. The highest BCUT2D eigenvalue weighted by Crippen LogP contribution is 2.44. The number of hydrogen-bond acceptors (Lipinski definition) is 3. The van der Waals surface area contributed by atoms with Crippen molar-refractivity contribution in [1.82, 2.24) is 0 Å². The van der Waals surface area contributed by atoms with Crippen LogP contribution in [-0.4, -0.2) is 0 Å². The molecule has 0 radical (unpaired) electrons. The first-order chi connectivity index (χ1) is 29.2. The van der Waals surface area contributed by atoms with E-state index in [0.717, 1.165) is 66.8 Å². The van der Waals surface area contributed by atoms with Gasteiger partial charge in [0.05, 0.1) is 0 Å². The van der Waals surface area contributed by atoms with Crippen molar-refractivity contribution < 1.29 is 4.42 Å². The van der Waals surface area contributed by atoms with Gasteiger partial charge in [-0.3, -0.25) is 0 Å². The van der Waals surface area contributed by atoms with Gasteiger partial charge in [-0.05, 0) is 129 Å². The lowest BCUT2D eigenvalue weighted by Crippen LogP contribution is -2.09. The van der Waals surface area contributed by atoms with Gasteiger partial charge in [0.25, 0.3) is 0 Å². The minimum absolute atomic E-state index is 0.887. The Morgan fingerprint density at radius 3 is 0.966 bits per heavy atom. The van der Waals surface area contributed by atoms with Crippen LogP contribution in [0.1, 0.15) is 0 Å². The summed E-state index contributed by atoms with van der Waals surface area (Å²) in [5.41, 5.74) is 13.2. The minimum atomic E-state index is 0.887. The van der Waals surface area contributed by atoms with Gasteiger partial charge in [-0.1, -0.05) is 146 Å². The van der Waals surface area contributed by atoms with E-state index in [1.807, 2.05) is 0 Å². The van der Waals surface area contributed by atoms with E-state index < -0.39 is 0 Å². The van der Waals surface area contributed by atoms with Crippen molar-refractivity contribution in [2.24, 2.45) is 0 Å². The molecule has 3 heteroatoms. The van der Waals surface area contributed by atoms with Crippen molar-refractivity contribution >= 4 is 77.6 Å². The third-order valence-electron chi connectivity index (χ3n) is 11.4. The van der Waals surface area contributed by atoms with Crippen molar-refractivity contribution in [3.63, 3.8) is 0 Å². The second kappa shape index (κ2) is 14.6. The SMILES string of the molecule is c1ccc(-c2ccc(N(c3ccccc3)c3ccc4c(ccc5oc6ccc7cc(N(c8ccccc8)c8ccc(-c9ccccc9)cc8)ccc7c6c54)c3)cc2)cc1. The fourth-order valence-electron chi connectivity index (χ4n) is 8.59. The van der Waals surface area contributed by atoms with E-state index in [0.29, 0.717) is 0 Å². The van der Waals surface area contributed by atoms with Gasteiger partial charge in [-0.2, -0.15) is 0 Å². The molecule has 0 saturated heterocycles. The van der Waals surface area contributed by atoms with Gasteiger partial charge in [0.1, 0.15) is 11.2 Å². The van der Waals surface area contributed by atoms with Gasteiger partial charge in [0, 0.05) is 44.9 Å². The Kier molecular flexibility index (Phi) is 8.49. The topological polar surface area (TPSA) is 19.6 Å². The van der Waals surface area contributed by atoms with Crippen molar-refractivity contribution in [3.05, 3.63) is 231 Å². The predicted octanol–water partition coefficient (Wildman–Crippen LogP) is 16.2. The van der Waals surface area contributed by atoms with Crippen molar-refractivity contribution in [3.8, 4) is 22.3 Å². The zero-order valence-corrected chi connectivity index (χ0v) is 32.2. The standard InChI is InChI=1S/C56H38N2O/c1-5-13-39(14-6-1)41-21-27-47(28-22-41)57(45-17-9-3-10-18-45)49-31-33-51-43(37-49)25-35-53-55(51)56-52-34-32-50(38-44(52)26-36-54(56)59-53)58(46-19-11-4-12-20-46)48-29-23-42(24-30-48)40-15-7-2-8-16-40/h1-38H. The van der Waals surface area contributed by atoms with E-state index in [4.69, 9.17) is 4.42 Å². The third kappa shape index (κ3) is 6.26. The van der Waals surface area contributed by atoms with Crippen LogP contribution >= 0.6 is 0 Å². The third-order valence-corrected chi connectivity index (χ3v) is 11.4. The van der Waals surface area contributed by atoms with Gasteiger partial charge in [-0.25, -0.2) is 0 Å². The maximum atomic E-state index is 6.58. The summed E-state index contributed by atoms with van der Waals surface area (Å²) < 4.78 is 6.58. The summed E-state index contributed by atoms with van der Waals surface area (Å²) >= 11 is 0. The highest BCUT2D eigenvalue weighted by molar-refractivity contribution is 6.26. The normalized spacial score (nSPS) is 11.4. The molecule has 10 aromatic carbocycles. The van der Waals surface area contributed by atoms with Crippen LogP contribution in [0.2, 0.25) is 0 Å². The van der Waals surface area contributed by atoms with E-state index in [9.17, 15) is 0 Å². The van der Waals surface area contributed by atoms with Crippen molar-refractivity contribution in [2.45, 2.75) is 0 Å². The molecule has 59 heavy (non-hydrogen) atoms. The molecule has 0 spiro atoms. The van der Waals surface area contributed by atoms with Crippen molar-refractivity contribution in [2.75, 3.05) is 9.80 Å². The predicted molar refractivity (Wildman–Crippen MR) is 249 cm³/mol. The lowest BCUT2D eigenvalue weighted by Gasteiger charge is -2.26. The molecule has 0 aliphatic rings. The summed E-state index contributed by atoms with van der Waals surface area (Å²) in [5.74, 6) is 0. The van der Waals surface area contributed by atoms with Crippen LogP contribution in [0.3, 0.4) is 0 Å². The number of nitrogens with zero attached hydrogens (tertiary/aromatic N) is 2. The number of fused-ring (bicyclic) bond motifs is 7. The second-order valence-corrected chi connectivity index (χ2v) is 15.0. The molecule has 0 fully saturated rings. The molecule has 0 N–H and O–H groups in total. The Hall–Kier alpha value is -7.88. The number of hydrogen-bond donors (Lipinski definition) is 0. The molecule has 1 aromatic heterocycles. The quantitative estimate of drug-likeness (QED) is 0.154. The van der Waals surface area contributed by atoms with Crippen LogP contribution in [-0.2, 0) is 0 Å². The minimum Gasteiger partial charge on any atom is -0.456 e. The van der Waals surface area contributed by atoms with Crippen LogP contribution < -0.4 is 9.80 Å². The number of para-hydroxylation sites is 2. The van der Waals surface area contributed by atoms with Gasteiger partial charge < -0.3 is 14.2 Å². The Morgan fingerprint density at radius 2 is 0.576 bits per heavy atom. The molecule has 0 bridgehead atoms. The largest absolute Gasteiger partial charge is 0.456 e. The first kappa shape index (κ1) is 34.4. The molecule has 11 rings (SSSR count). The van der Waals surface area contributed by atoms with E-state index >= 15 is 0 Å². The summed E-state index contributed by atoms with van der Waals surface area (Å²) in [6, 6.07) is 82.2. The molecule has 3 nitrogen and oxygen atoms in total. The van der Waals surface area contributed by atoms with E-state index in [-0.39, 0.29) is 0 Å². The Labute approximate surface area is 343 Å². The monoisotopic (exact) mass is 754 g/mol. The number of rotatable bonds is 8. The smallest absolute Gasteiger partial charge is 0.136 e. The first-order valence-electron chi connectivity index (χ1n) is 20.1. The van der Waals surface area contributed by atoms with Gasteiger partial charge >= 0.3 is 0 Å². The highest BCUT2D eigenvalue weighted by Gasteiger charge is 2.19. The zero-order chi connectivity index (χ0) is 39.1. The molecule has 0 amide bonds. The van der Waals surface area contributed by atoms with E-state index in [2.05, 4.69) is 240 Å². The fraction of sp³-hybridized carbons (Fsp3) is 0. The highest BCUT2D eigenvalue weighted by atomic mass is 16.3. The first-order valence-corrected chi connectivity index (χ1v) is 20.1. The molecule has 1 heterocycles. The molecule has 0 aliphatic carbocycles. The van der Waals surface area contributed by atoms with Crippen LogP contribution in [0.25, 0.3) is 65.7 Å². The van der Waals surface area contributed by atoms with Gasteiger partial charge in [0.2, 0.25) is 0 Å². The molecule has 0 unspecified atom stereocenters. The molecule has 0 saturated carbocycles. The Morgan fingerprint density at radius 1 is 0.254 bits per heavy atom. The second-order valence-electron chi connectivity index (χ2n) is 15.0. The average molecular weight is 755 g/mol. The lowest BCUT2D eigenvalue weighted by molar-refractivity contribution is 0.669. The number of benzene rings is 10. The van der Waals surface area contributed by atoms with E-state index in [1.165, 1.54) is 33.0 Å². The van der Waals surface area contributed by atoms with Crippen LogP contribution in [0, 0.1) is 0 Å². The molecule has 278 valence electrons. The van der Waals surface area contributed by atoms with Crippen LogP contribution in [0.5, 0.6) is 0 Å². The van der Waals surface area contributed by atoms with Crippen LogP contribution in [0.4, 0.5) is 34.1 Å². The summed E-state index contributed by atoms with van der Waals surface area (Å²) in [7, 11) is 0. The van der Waals surface area contributed by atoms with Crippen molar-refractivity contribution in [1.29, 1.82) is 0 Å². The molecule has 11 aromatic rings.